The van der Waals surface area contributed by atoms with Crippen LogP contribution in [0.3, 0.4) is 0 Å². The Morgan fingerprint density at radius 2 is 2.05 bits per heavy atom. The van der Waals surface area contributed by atoms with E-state index in [0.717, 1.165) is 5.56 Å². The number of carbonyl (C=O) groups is 1. The van der Waals surface area contributed by atoms with Crippen LogP contribution in [0.15, 0.2) is 36.5 Å². The van der Waals surface area contributed by atoms with Crippen molar-refractivity contribution in [2.75, 3.05) is 21.3 Å². The van der Waals surface area contributed by atoms with Gasteiger partial charge in [0.05, 0.1) is 19.8 Å². The summed E-state index contributed by atoms with van der Waals surface area (Å²) >= 11 is 5.15. The molecular formula is C16H18N2O3S. The van der Waals surface area contributed by atoms with E-state index in [1.807, 2.05) is 12.1 Å². The van der Waals surface area contributed by atoms with Crippen molar-refractivity contribution in [3.8, 4) is 11.5 Å². The van der Waals surface area contributed by atoms with Crippen LogP contribution < -0.4 is 9.47 Å². The Hall–Kier alpha value is -2.34. The van der Waals surface area contributed by atoms with E-state index in [4.69, 9.17) is 21.7 Å². The van der Waals surface area contributed by atoms with Gasteiger partial charge in [-0.05, 0) is 24.3 Å². The molecule has 1 amide bonds. The number of hydrogen-bond donors (Lipinski definition) is 1. The molecule has 0 saturated carbocycles. The highest BCUT2D eigenvalue weighted by atomic mass is 32.1. The standard InChI is InChI=1S/C16H18N2O3S/c1-18(16(19)13-5-4-8-17-15(13)22)10-11-6-7-12(20-2)9-14(11)21-3/h4-9H,10H2,1-3H3,(H,17,22). The number of rotatable bonds is 5. The molecule has 0 aliphatic heterocycles. The van der Waals surface area contributed by atoms with E-state index in [2.05, 4.69) is 4.98 Å². The molecule has 0 aliphatic carbocycles. The number of carbonyl (C=O) groups excluding carboxylic acids is 1. The van der Waals surface area contributed by atoms with Gasteiger partial charge in [-0.1, -0.05) is 12.2 Å². The van der Waals surface area contributed by atoms with E-state index in [1.54, 1.807) is 50.6 Å². The minimum atomic E-state index is -0.139. The van der Waals surface area contributed by atoms with Gasteiger partial charge in [-0.25, -0.2) is 0 Å². The number of benzene rings is 1. The second-order valence-corrected chi connectivity index (χ2v) is 5.16. The average Bonchev–Trinajstić information content (AvgIpc) is 2.55. The molecule has 22 heavy (non-hydrogen) atoms. The Kier molecular flexibility index (Phi) is 5.16. The van der Waals surface area contributed by atoms with Gasteiger partial charge < -0.3 is 19.4 Å². The first-order valence-corrected chi connectivity index (χ1v) is 7.11. The second-order valence-electron chi connectivity index (χ2n) is 4.75. The molecule has 0 saturated heterocycles. The number of hydrogen-bond acceptors (Lipinski definition) is 4. The molecule has 6 heteroatoms. The number of methoxy groups -OCH3 is 2. The lowest BCUT2D eigenvalue weighted by atomic mass is 10.1. The predicted molar refractivity (Wildman–Crippen MR) is 87.0 cm³/mol. The molecule has 0 bridgehead atoms. The maximum absolute atomic E-state index is 12.5. The fourth-order valence-electron chi connectivity index (χ4n) is 2.11. The van der Waals surface area contributed by atoms with Crippen LogP contribution in [0.4, 0.5) is 0 Å². The van der Waals surface area contributed by atoms with Gasteiger partial charge in [0.25, 0.3) is 5.91 Å². The number of aromatic nitrogens is 1. The van der Waals surface area contributed by atoms with E-state index in [1.165, 1.54) is 0 Å². The number of aromatic amines is 1. The molecule has 0 radical (unpaired) electrons. The molecule has 0 spiro atoms. The van der Waals surface area contributed by atoms with Crippen molar-refractivity contribution in [2.45, 2.75) is 6.54 Å². The normalized spacial score (nSPS) is 10.1. The van der Waals surface area contributed by atoms with Crippen molar-refractivity contribution < 1.29 is 14.3 Å². The highest BCUT2D eigenvalue weighted by Gasteiger charge is 2.15. The van der Waals surface area contributed by atoms with Crippen LogP contribution in [0.5, 0.6) is 11.5 Å². The zero-order valence-electron chi connectivity index (χ0n) is 12.8. The third-order valence-corrected chi connectivity index (χ3v) is 3.63. The lowest BCUT2D eigenvalue weighted by Crippen LogP contribution is -2.26. The summed E-state index contributed by atoms with van der Waals surface area (Å²) < 4.78 is 11.0. The van der Waals surface area contributed by atoms with Crippen molar-refractivity contribution in [2.24, 2.45) is 0 Å². The number of amides is 1. The van der Waals surface area contributed by atoms with Crippen LogP contribution in [0.2, 0.25) is 0 Å². The van der Waals surface area contributed by atoms with Gasteiger partial charge in [-0.15, -0.1) is 0 Å². The van der Waals surface area contributed by atoms with E-state index >= 15 is 0 Å². The summed E-state index contributed by atoms with van der Waals surface area (Å²) in [7, 11) is 4.92. The number of nitrogens with zero attached hydrogens (tertiary/aromatic N) is 1. The summed E-state index contributed by atoms with van der Waals surface area (Å²) in [4.78, 5) is 16.9. The van der Waals surface area contributed by atoms with Crippen molar-refractivity contribution in [1.29, 1.82) is 0 Å². The van der Waals surface area contributed by atoms with E-state index < -0.39 is 0 Å². The summed E-state index contributed by atoms with van der Waals surface area (Å²) in [5, 5.41) is 0. The summed E-state index contributed by atoms with van der Waals surface area (Å²) in [6, 6.07) is 8.98. The molecule has 2 aromatic rings. The molecule has 1 aromatic carbocycles. The summed E-state index contributed by atoms with van der Waals surface area (Å²) in [5.41, 5.74) is 1.37. The molecular weight excluding hydrogens is 300 g/mol. The van der Waals surface area contributed by atoms with Crippen molar-refractivity contribution >= 4 is 18.1 Å². The van der Waals surface area contributed by atoms with Crippen molar-refractivity contribution in [3.63, 3.8) is 0 Å². The second kappa shape index (κ2) is 7.09. The molecule has 1 N–H and O–H groups in total. The average molecular weight is 318 g/mol. The zero-order chi connectivity index (χ0) is 16.1. The quantitative estimate of drug-likeness (QED) is 0.861. The predicted octanol–water partition coefficient (Wildman–Crippen LogP) is 3.03. The topological polar surface area (TPSA) is 54.6 Å². The Bertz CT molecular complexity index is 727. The maximum Gasteiger partial charge on any atom is 0.256 e. The Balaban J connectivity index is 2.22. The molecule has 1 aromatic heterocycles. The SMILES string of the molecule is COc1ccc(CN(C)C(=O)c2ccc[nH]c2=S)c(OC)c1. The van der Waals surface area contributed by atoms with Gasteiger partial charge in [0.2, 0.25) is 0 Å². The minimum absolute atomic E-state index is 0.139. The van der Waals surface area contributed by atoms with E-state index in [-0.39, 0.29) is 5.91 Å². The molecule has 0 aliphatic rings. The number of nitrogens with one attached hydrogen (secondary N) is 1. The minimum Gasteiger partial charge on any atom is -0.497 e. The number of ether oxygens (including phenoxy) is 2. The molecule has 116 valence electrons. The molecule has 5 nitrogen and oxygen atoms in total. The third kappa shape index (κ3) is 3.46. The Labute approximate surface area is 134 Å². The summed E-state index contributed by atoms with van der Waals surface area (Å²) in [5.74, 6) is 1.25. The first kappa shape index (κ1) is 16.0. The van der Waals surface area contributed by atoms with Crippen molar-refractivity contribution in [1.82, 2.24) is 9.88 Å². The molecule has 1 heterocycles. The van der Waals surface area contributed by atoms with E-state index in [0.29, 0.717) is 28.2 Å². The number of pyridine rings is 1. The Morgan fingerprint density at radius 1 is 1.27 bits per heavy atom. The zero-order valence-corrected chi connectivity index (χ0v) is 13.6. The molecule has 0 fully saturated rings. The highest BCUT2D eigenvalue weighted by molar-refractivity contribution is 7.71. The van der Waals surface area contributed by atoms with Gasteiger partial charge in [0.1, 0.15) is 16.1 Å². The highest BCUT2D eigenvalue weighted by Crippen LogP contribution is 2.25. The third-order valence-electron chi connectivity index (χ3n) is 3.30. The number of H-pyrrole nitrogens is 1. The van der Waals surface area contributed by atoms with Crippen LogP contribution in [0.1, 0.15) is 15.9 Å². The van der Waals surface area contributed by atoms with Crippen LogP contribution in [0, 0.1) is 4.64 Å². The van der Waals surface area contributed by atoms with Crippen LogP contribution in [-0.2, 0) is 6.54 Å². The van der Waals surface area contributed by atoms with Crippen LogP contribution in [0.25, 0.3) is 0 Å². The lowest BCUT2D eigenvalue weighted by Gasteiger charge is -2.19. The van der Waals surface area contributed by atoms with Crippen LogP contribution >= 0.6 is 12.2 Å². The fraction of sp³-hybridized carbons (Fsp3) is 0.250. The summed E-state index contributed by atoms with van der Waals surface area (Å²) in [6.45, 7) is 0.412. The van der Waals surface area contributed by atoms with Gasteiger partial charge >= 0.3 is 0 Å². The van der Waals surface area contributed by atoms with Gasteiger partial charge in [0, 0.05) is 31.4 Å². The first-order valence-electron chi connectivity index (χ1n) is 6.71. The fourth-order valence-corrected chi connectivity index (χ4v) is 2.33. The van der Waals surface area contributed by atoms with Gasteiger partial charge in [0.15, 0.2) is 0 Å². The molecule has 2 rings (SSSR count). The van der Waals surface area contributed by atoms with E-state index in [9.17, 15) is 4.79 Å². The smallest absolute Gasteiger partial charge is 0.256 e. The first-order chi connectivity index (χ1) is 10.6. The summed E-state index contributed by atoms with van der Waals surface area (Å²) in [6.07, 6.45) is 1.70. The lowest BCUT2D eigenvalue weighted by molar-refractivity contribution is 0.0783. The molecule has 0 unspecified atom stereocenters. The van der Waals surface area contributed by atoms with Crippen LogP contribution in [-0.4, -0.2) is 37.1 Å². The monoisotopic (exact) mass is 318 g/mol. The largest absolute Gasteiger partial charge is 0.497 e. The van der Waals surface area contributed by atoms with Gasteiger partial charge in [-0.2, -0.15) is 0 Å². The van der Waals surface area contributed by atoms with Crippen molar-refractivity contribution in [3.05, 3.63) is 52.3 Å². The molecule has 0 atom stereocenters. The van der Waals surface area contributed by atoms with Gasteiger partial charge in [-0.3, -0.25) is 4.79 Å². The maximum atomic E-state index is 12.5. The Morgan fingerprint density at radius 3 is 2.68 bits per heavy atom.